The van der Waals surface area contributed by atoms with Gasteiger partial charge in [0.2, 0.25) is 0 Å². The van der Waals surface area contributed by atoms with Crippen molar-refractivity contribution in [2.24, 2.45) is 5.92 Å². The molecule has 1 aliphatic rings. The average molecular weight is 242 g/mol. The summed E-state index contributed by atoms with van der Waals surface area (Å²) < 4.78 is 0. The maximum Gasteiger partial charge on any atom is 0 e. The first-order valence-electron chi connectivity index (χ1n) is 4.53. The number of piperidine rings is 1. The largest absolute Gasteiger partial charge is 0.360 e. The smallest absolute Gasteiger partial charge is 0 e. The molecule has 1 heterocycles. The fourth-order valence-electron chi connectivity index (χ4n) is 1.83. The predicted octanol–water partition coefficient (Wildman–Crippen LogP) is 2.14. The van der Waals surface area contributed by atoms with Gasteiger partial charge in [0.15, 0.2) is 0 Å². The number of hydrogen-bond acceptors (Lipinski definition) is 1. The molecule has 0 aromatic heterocycles. The molecule has 0 saturated carbocycles. The molecule has 1 rings (SSSR count). The number of likely N-dealkylation sites (tertiary alicyclic amines) is 1. The second-order valence-electron chi connectivity index (χ2n) is 3.72. The van der Waals surface area contributed by atoms with Gasteiger partial charge in [0.05, 0.1) is 0 Å². The van der Waals surface area contributed by atoms with Gasteiger partial charge in [-0.2, -0.15) is 0 Å². The normalized spacial score (nSPS) is 37.5. The van der Waals surface area contributed by atoms with E-state index >= 15 is 0 Å². The molecule has 1 unspecified atom stereocenters. The molecule has 69 valence electrons. The maximum atomic E-state index is 4.11. The van der Waals surface area contributed by atoms with Gasteiger partial charge in [-0.25, -0.2) is 0 Å². The zero-order valence-electron chi connectivity index (χ0n) is 8.29. The Morgan fingerprint density at radius 2 is 1.67 bits per heavy atom. The van der Waals surface area contributed by atoms with Gasteiger partial charge in [-0.1, -0.05) is 26.2 Å². The van der Waals surface area contributed by atoms with Gasteiger partial charge in [-0.3, -0.25) is 0 Å². The Bertz CT molecular complexity index is 115. The van der Waals surface area contributed by atoms with Crippen LogP contribution in [0.5, 0.6) is 0 Å². The first-order valence-corrected chi connectivity index (χ1v) is 4.53. The van der Waals surface area contributed by atoms with Crippen LogP contribution in [-0.2, 0) is 32.7 Å². The van der Waals surface area contributed by atoms with Crippen molar-refractivity contribution in [2.45, 2.75) is 38.3 Å². The van der Waals surface area contributed by atoms with Gasteiger partial charge >= 0.3 is 0 Å². The Morgan fingerprint density at radius 1 is 1.25 bits per heavy atom. The van der Waals surface area contributed by atoms with Crippen LogP contribution < -0.4 is 0 Å². The standard InChI is InChI=1S/C10H19N.Y/c1-5-10-6-8(2)11(4)9(3)7-10;/h8-10H,2-3,5-7H2,1,4H3;/q-2;/t8-,9+,10?;. The van der Waals surface area contributed by atoms with Gasteiger partial charge in [0.25, 0.3) is 0 Å². The first kappa shape index (κ1) is 13.1. The third-order valence-electron chi connectivity index (χ3n) is 2.94. The zero-order valence-corrected chi connectivity index (χ0v) is 11.1. The Balaban J connectivity index is 0.00000121. The molecule has 3 atom stereocenters. The van der Waals surface area contributed by atoms with Crippen molar-refractivity contribution >= 4 is 0 Å². The van der Waals surface area contributed by atoms with Gasteiger partial charge in [0.1, 0.15) is 0 Å². The summed E-state index contributed by atoms with van der Waals surface area (Å²) in [5, 5.41) is 0. The van der Waals surface area contributed by atoms with Gasteiger partial charge in [-0.05, 0) is 13.0 Å². The van der Waals surface area contributed by atoms with E-state index in [2.05, 4.69) is 32.7 Å². The second-order valence-corrected chi connectivity index (χ2v) is 3.72. The molecular weight excluding hydrogens is 223 g/mol. The van der Waals surface area contributed by atoms with Crippen molar-refractivity contribution < 1.29 is 32.7 Å². The van der Waals surface area contributed by atoms with Crippen molar-refractivity contribution in [3.63, 3.8) is 0 Å². The van der Waals surface area contributed by atoms with Crippen molar-refractivity contribution in [1.29, 1.82) is 0 Å². The van der Waals surface area contributed by atoms with E-state index in [1.165, 1.54) is 19.3 Å². The molecule has 1 saturated heterocycles. The molecular formula is C10H19NY-2. The Morgan fingerprint density at radius 3 is 2.00 bits per heavy atom. The topological polar surface area (TPSA) is 3.24 Å². The van der Waals surface area contributed by atoms with Crippen molar-refractivity contribution in [2.75, 3.05) is 7.05 Å². The minimum absolute atomic E-state index is 0. The SMILES string of the molecule is [CH2-][C@@H]1CC(CC)C[C@H]([CH2-])N1C.[Y]. The summed E-state index contributed by atoms with van der Waals surface area (Å²) >= 11 is 0. The molecule has 1 fully saturated rings. The molecule has 1 nitrogen and oxygen atoms in total. The molecule has 1 radical (unpaired) electrons. The van der Waals surface area contributed by atoms with E-state index in [1.54, 1.807) is 0 Å². The summed E-state index contributed by atoms with van der Waals surface area (Å²) in [5.74, 6) is 0.858. The zero-order chi connectivity index (χ0) is 8.43. The van der Waals surface area contributed by atoms with Crippen LogP contribution in [0.3, 0.4) is 0 Å². The van der Waals surface area contributed by atoms with E-state index in [0.717, 1.165) is 5.92 Å². The van der Waals surface area contributed by atoms with Crippen molar-refractivity contribution in [1.82, 2.24) is 4.90 Å². The third-order valence-corrected chi connectivity index (χ3v) is 2.94. The molecule has 0 aliphatic carbocycles. The molecule has 0 amide bonds. The molecule has 0 N–H and O–H groups in total. The number of nitrogens with zero attached hydrogens (tertiary/aromatic N) is 1. The van der Waals surface area contributed by atoms with Crippen molar-refractivity contribution in [3.8, 4) is 0 Å². The summed E-state index contributed by atoms with van der Waals surface area (Å²) in [4.78, 5) is 2.28. The van der Waals surface area contributed by atoms with Crippen LogP contribution in [0.4, 0.5) is 0 Å². The number of rotatable bonds is 1. The Kier molecular flexibility index (Phi) is 6.23. The summed E-state index contributed by atoms with van der Waals surface area (Å²) in [6.45, 7) is 10.5. The molecule has 2 heteroatoms. The molecule has 0 aromatic rings. The van der Waals surface area contributed by atoms with E-state index in [-0.39, 0.29) is 32.7 Å². The van der Waals surface area contributed by atoms with Gasteiger partial charge in [-0.15, -0.1) is 12.1 Å². The minimum Gasteiger partial charge on any atom is -0.360 e. The van der Waals surface area contributed by atoms with E-state index in [4.69, 9.17) is 0 Å². The number of hydrogen-bond donors (Lipinski definition) is 0. The summed E-state index contributed by atoms with van der Waals surface area (Å²) in [6.07, 6.45) is 3.78. The molecule has 1 aliphatic heterocycles. The minimum atomic E-state index is 0. The van der Waals surface area contributed by atoms with E-state index in [9.17, 15) is 0 Å². The fourth-order valence-corrected chi connectivity index (χ4v) is 1.83. The predicted molar refractivity (Wildman–Crippen MR) is 49.1 cm³/mol. The average Bonchev–Trinajstić information content (AvgIpc) is 1.99. The Labute approximate surface area is 102 Å². The van der Waals surface area contributed by atoms with E-state index < -0.39 is 0 Å². The summed E-state index contributed by atoms with van der Waals surface area (Å²) in [7, 11) is 2.13. The Hall–Kier alpha value is 1.06. The van der Waals surface area contributed by atoms with E-state index in [0.29, 0.717) is 12.1 Å². The molecule has 0 aromatic carbocycles. The monoisotopic (exact) mass is 242 g/mol. The van der Waals surface area contributed by atoms with Crippen LogP contribution in [-0.4, -0.2) is 24.0 Å². The van der Waals surface area contributed by atoms with Crippen LogP contribution in [0, 0.1) is 19.8 Å². The van der Waals surface area contributed by atoms with Crippen LogP contribution in [0.15, 0.2) is 0 Å². The summed E-state index contributed by atoms with van der Waals surface area (Å²) in [6, 6.07) is 0.965. The molecule has 0 spiro atoms. The first-order chi connectivity index (χ1) is 5.15. The second kappa shape index (κ2) is 5.72. The van der Waals surface area contributed by atoms with Crippen LogP contribution in [0.1, 0.15) is 26.2 Å². The van der Waals surface area contributed by atoms with Gasteiger partial charge in [0, 0.05) is 32.7 Å². The third kappa shape index (κ3) is 3.08. The molecule has 0 bridgehead atoms. The van der Waals surface area contributed by atoms with Crippen LogP contribution in [0.25, 0.3) is 0 Å². The molecule has 12 heavy (non-hydrogen) atoms. The van der Waals surface area contributed by atoms with Crippen LogP contribution in [0.2, 0.25) is 0 Å². The quantitative estimate of drug-likeness (QED) is 0.637. The maximum absolute atomic E-state index is 4.11. The van der Waals surface area contributed by atoms with Crippen LogP contribution >= 0.6 is 0 Å². The van der Waals surface area contributed by atoms with Gasteiger partial charge < -0.3 is 18.7 Å². The fraction of sp³-hybridized carbons (Fsp3) is 0.800. The van der Waals surface area contributed by atoms with Crippen molar-refractivity contribution in [3.05, 3.63) is 13.8 Å². The summed E-state index contributed by atoms with van der Waals surface area (Å²) in [5.41, 5.74) is 0. The van der Waals surface area contributed by atoms with E-state index in [1.807, 2.05) is 0 Å².